The Morgan fingerprint density at radius 1 is 1.17 bits per heavy atom. The van der Waals surface area contributed by atoms with E-state index in [0.29, 0.717) is 26.2 Å². The molecule has 23 heavy (non-hydrogen) atoms. The van der Waals surface area contributed by atoms with Crippen molar-refractivity contribution in [2.24, 2.45) is 0 Å². The van der Waals surface area contributed by atoms with Crippen LogP contribution in [0, 0.1) is 5.82 Å². The van der Waals surface area contributed by atoms with E-state index in [1.165, 1.54) is 12.1 Å². The summed E-state index contributed by atoms with van der Waals surface area (Å²) in [4.78, 5) is 27.3. The van der Waals surface area contributed by atoms with Gasteiger partial charge in [0.05, 0.1) is 0 Å². The average molecular weight is 319 g/mol. The van der Waals surface area contributed by atoms with Crippen molar-refractivity contribution < 1.29 is 14.0 Å². The molecule has 124 valence electrons. The largest absolute Gasteiger partial charge is 0.341 e. The van der Waals surface area contributed by atoms with Crippen LogP contribution < -0.4 is 5.32 Å². The number of carbonyl (C=O) groups excluding carboxylic acids is 2. The molecule has 1 N–H and O–H groups in total. The smallest absolute Gasteiger partial charge is 0.317 e. The Bertz CT molecular complexity index is 607. The lowest BCUT2D eigenvalue weighted by molar-refractivity contribution is -0.128. The van der Waals surface area contributed by atoms with Gasteiger partial charge in [-0.2, -0.15) is 0 Å². The lowest BCUT2D eigenvalue weighted by atomic mass is 10.1. The first-order valence-electron chi connectivity index (χ1n) is 8.11. The Hall–Kier alpha value is -2.11. The van der Waals surface area contributed by atoms with Gasteiger partial charge in [0.25, 0.3) is 0 Å². The van der Waals surface area contributed by atoms with Crippen LogP contribution in [-0.4, -0.2) is 54.0 Å². The third kappa shape index (κ3) is 3.81. The van der Waals surface area contributed by atoms with E-state index in [2.05, 4.69) is 5.32 Å². The molecular weight excluding hydrogens is 297 g/mol. The van der Waals surface area contributed by atoms with Crippen molar-refractivity contribution in [3.63, 3.8) is 0 Å². The van der Waals surface area contributed by atoms with Crippen molar-refractivity contribution in [2.45, 2.75) is 31.7 Å². The third-order valence-corrected chi connectivity index (χ3v) is 4.60. The topological polar surface area (TPSA) is 52.7 Å². The molecule has 0 spiro atoms. The normalized spacial score (nSPS) is 24.1. The maximum absolute atomic E-state index is 13.3. The summed E-state index contributed by atoms with van der Waals surface area (Å²) in [7, 11) is 0. The molecule has 2 atom stereocenters. The summed E-state index contributed by atoms with van der Waals surface area (Å²) in [6.45, 7) is 4.06. The summed E-state index contributed by atoms with van der Waals surface area (Å²) in [5.41, 5.74) is 0.939. The Balaban J connectivity index is 1.51. The van der Waals surface area contributed by atoms with Gasteiger partial charge in [-0.3, -0.25) is 4.79 Å². The molecule has 1 saturated heterocycles. The molecule has 3 amide bonds. The second-order valence-electron chi connectivity index (χ2n) is 6.30. The molecule has 1 aromatic rings. The molecule has 6 heteroatoms. The molecule has 0 aromatic heterocycles. The first kappa shape index (κ1) is 15.8. The van der Waals surface area contributed by atoms with Crippen molar-refractivity contribution in [3.05, 3.63) is 35.6 Å². The van der Waals surface area contributed by atoms with Gasteiger partial charge in [0.2, 0.25) is 5.91 Å². The van der Waals surface area contributed by atoms with Crippen LogP contribution in [0.25, 0.3) is 0 Å². The first-order chi connectivity index (χ1) is 11.0. The van der Waals surface area contributed by atoms with Gasteiger partial charge in [-0.1, -0.05) is 12.1 Å². The Morgan fingerprint density at radius 3 is 2.65 bits per heavy atom. The van der Waals surface area contributed by atoms with Gasteiger partial charge < -0.3 is 15.1 Å². The second-order valence-corrected chi connectivity index (χ2v) is 6.30. The van der Waals surface area contributed by atoms with Crippen molar-refractivity contribution in [2.75, 3.05) is 26.2 Å². The zero-order valence-electron chi connectivity index (χ0n) is 13.3. The SMILES string of the molecule is CC(=O)N1CCCN(C(=O)NC2CC2c2cccc(F)c2)CC1. The van der Waals surface area contributed by atoms with Crippen LogP contribution in [0.4, 0.5) is 9.18 Å². The third-order valence-electron chi connectivity index (χ3n) is 4.60. The van der Waals surface area contributed by atoms with Gasteiger partial charge >= 0.3 is 6.03 Å². The van der Waals surface area contributed by atoms with E-state index >= 15 is 0 Å². The van der Waals surface area contributed by atoms with E-state index in [4.69, 9.17) is 0 Å². The highest BCUT2D eigenvalue weighted by molar-refractivity contribution is 5.76. The summed E-state index contributed by atoms with van der Waals surface area (Å²) >= 11 is 0. The molecule has 2 unspecified atom stereocenters. The lowest BCUT2D eigenvalue weighted by Crippen LogP contribution is -2.43. The molecule has 1 heterocycles. The summed E-state index contributed by atoms with van der Waals surface area (Å²) in [6, 6.07) is 6.56. The molecule has 5 nitrogen and oxygen atoms in total. The molecule has 1 saturated carbocycles. The van der Waals surface area contributed by atoms with Crippen LogP contribution >= 0.6 is 0 Å². The second kappa shape index (κ2) is 6.56. The first-order valence-corrected chi connectivity index (χ1v) is 8.11. The fourth-order valence-electron chi connectivity index (χ4n) is 3.15. The number of rotatable bonds is 2. The molecule has 3 rings (SSSR count). The summed E-state index contributed by atoms with van der Waals surface area (Å²) in [5.74, 6) is 0.0206. The number of nitrogens with one attached hydrogen (secondary N) is 1. The molecule has 2 fully saturated rings. The molecule has 2 aliphatic rings. The molecule has 1 aliphatic heterocycles. The Morgan fingerprint density at radius 2 is 1.91 bits per heavy atom. The van der Waals surface area contributed by atoms with E-state index < -0.39 is 0 Å². The van der Waals surface area contributed by atoms with Crippen LogP contribution in [0.5, 0.6) is 0 Å². The minimum atomic E-state index is -0.240. The number of hydrogen-bond donors (Lipinski definition) is 1. The number of benzene rings is 1. The van der Waals surface area contributed by atoms with Crippen molar-refractivity contribution in [1.82, 2.24) is 15.1 Å². The molecule has 0 radical (unpaired) electrons. The van der Waals surface area contributed by atoms with Gasteiger partial charge in [-0.25, -0.2) is 9.18 Å². The van der Waals surface area contributed by atoms with Crippen LogP contribution in [0.2, 0.25) is 0 Å². The fraction of sp³-hybridized carbons (Fsp3) is 0.529. The monoisotopic (exact) mass is 319 g/mol. The molecule has 0 bridgehead atoms. The zero-order valence-corrected chi connectivity index (χ0v) is 13.3. The Labute approximate surface area is 135 Å². The van der Waals surface area contributed by atoms with E-state index in [0.717, 1.165) is 18.4 Å². The van der Waals surface area contributed by atoms with Gasteiger partial charge in [0.1, 0.15) is 5.82 Å². The number of nitrogens with zero attached hydrogens (tertiary/aromatic N) is 2. The van der Waals surface area contributed by atoms with Crippen molar-refractivity contribution >= 4 is 11.9 Å². The summed E-state index contributed by atoms with van der Waals surface area (Å²) in [6.07, 6.45) is 1.65. The summed E-state index contributed by atoms with van der Waals surface area (Å²) < 4.78 is 13.3. The van der Waals surface area contributed by atoms with E-state index in [1.54, 1.807) is 22.8 Å². The van der Waals surface area contributed by atoms with Gasteiger partial charge in [0.15, 0.2) is 0 Å². The van der Waals surface area contributed by atoms with Crippen molar-refractivity contribution in [1.29, 1.82) is 0 Å². The Kier molecular flexibility index (Phi) is 4.50. The average Bonchev–Trinajstić information content (AvgIpc) is 3.29. The van der Waals surface area contributed by atoms with Crippen LogP contribution in [0.3, 0.4) is 0 Å². The van der Waals surface area contributed by atoms with E-state index in [1.807, 2.05) is 6.07 Å². The van der Waals surface area contributed by atoms with Gasteiger partial charge in [-0.15, -0.1) is 0 Å². The lowest BCUT2D eigenvalue weighted by Gasteiger charge is -2.22. The number of urea groups is 1. The highest BCUT2D eigenvalue weighted by Crippen LogP contribution is 2.40. The quantitative estimate of drug-likeness (QED) is 0.906. The zero-order chi connectivity index (χ0) is 16.4. The maximum atomic E-state index is 13.3. The van der Waals surface area contributed by atoms with Gasteiger partial charge in [0, 0.05) is 45.1 Å². The minimum absolute atomic E-state index is 0.0561. The maximum Gasteiger partial charge on any atom is 0.317 e. The molecule has 1 aromatic carbocycles. The molecule has 1 aliphatic carbocycles. The van der Waals surface area contributed by atoms with Crippen LogP contribution in [-0.2, 0) is 4.79 Å². The van der Waals surface area contributed by atoms with Crippen molar-refractivity contribution in [3.8, 4) is 0 Å². The summed E-state index contributed by atoms with van der Waals surface area (Å²) in [5, 5.41) is 3.02. The highest BCUT2D eigenvalue weighted by atomic mass is 19.1. The van der Waals surface area contributed by atoms with Crippen LogP contribution in [0.1, 0.15) is 31.2 Å². The highest BCUT2D eigenvalue weighted by Gasteiger charge is 2.40. The van der Waals surface area contributed by atoms with Gasteiger partial charge in [-0.05, 0) is 30.5 Å². The van der Waals surface area contributed by atoms with E-state index in [-0.39, 0.29) is 29.7 Å². The number of carbonyl (C=O) groups is 2. The number of hydrogen-bond acceptors (Lipinski definition) is 2. The number of amides is 3. The standard InChI is InChI=1S/C17H22FN3O2/c1-12(22)20-6-3-7-21(9-8-20)17(23)19-16-11-15(16)13-4-2-5-14(18)10-13/h2,4-5,10,15-16H,3,6-9,11H2,1H3,(H,19,23). The predicted molar refractivity (Wildman–Crippen MR) is 84.5 cm³/mol. The fourth-order valence-corrected chi connectivity index (χ4v) is 3.15. The predicted octanol–water partition coefficient (Wildman–Crippen LogP) is 1.95. The minimum Gasteiger partial charge on any atom is -0.341 e. The van der Waals surface area contributed by atoms with Crippen LogP contribution in [0.15, 0.2) is 24.3 Å². The molecular formula is C17H22FN3O2. The number of halogens is 1. The van der Waals surface area contributed by atoms with E-state index in [9.17, 15) is 14.0 Å².